The molecule has 1 saturated heterocycles. The van der Waals surface area contributed by atoms with Gasteiger partial charge in [-0.2, -0.15) is 0 Å². The first-order valence-electron chi connectivity index (χ1n) is 5.32. The average Bonchev–Trinajstić information content (AvgIpc) is 2.16. The number of hydrogen-bond acceptors (Lipinski definition) is 4. The summed E-state index contributed by atoms with van der Waals surface area (Å²) in [5.74, 6) is 0. The normalized spacial score (nSPS) is 24.3. The number of nitrogens with zero attached hydrogens (tertiary/aromatic N) is 1. The molecule has 2 N–H and O–H groups in total. The largest absolute Gasteiger partial charge is 0.395 e. The Hall–Kier alpha value is -0.170. The van der Waals surface area contributed by atoms with Crippen molar-refractivity contribution < 1.29 is 13.5 Å². The van der Waals surface area contributed by atoms with Crippen LogP contribution in [0, 0.1) is 0 Å². The number of piperidine rings is 1. The number of rotatable bonds is 5. The summed E-state index contributed by atoms with van der Waals surface area (Å²) in [5.41, 5.74) is 0. The van der Waals surface area contributed by atoms with Gasteiger partial charge in [0.25, 0.3) is 0 Å². The van der Waals surface area contributed by atoms with Crippen LogP contribution >= 0.6 is 0 Å². The van der Waals surface area contributed by atoms with E-state index in [1.54, 1.807) is 0 Å². The number of aliphatic hydroxyl groups excluding tert-OH is 1. The SMILES string of the molecule is CS(=O)(=O)NCCN1CCCCC1CO. The van der Waals surface area contributed by atoms with Crippen molar-refractivity contribution >= 4 is 10.0 Å². The molecule has 0 aliphatic carbocycles. The van der Waals surface area contributed by atoms with Crippen molar-refractivity contribution in [3.05, 3.63) is 0 Å². The van der Waals surface area contributed by atoms with Gasteiger partial charge in [0.05, 0.1) is 12.9 Å². The second kappa shape index (κ2) is 5.79. The average molecular weight is 236 g/mol. The number of sulfonamides is 1. The Bertz CT molecular complexity index is 279. The van der Waals surface area contributed by atoms with Gasteiger partial charge in [0.15, 0.2) is 0 Å². The zero-order chi connectivity index (χ0) is 11.3. The minimum Gasteiger partial charge on any atom is -0.395 e. The predicted octanol–water partition coefficient (Wildman–Crippen LogP) is -0.618. The number of nitrogens with one attached hydrogen (secondary N) is 1. The Morgan fingerprint density at radius 1 is 1.47 bits per heavy atom. The van der Waals surface area contributed by atoms with E-state index in [-0.39, 0.29) is 12.6 Å². The minimum absolute atomic E-state index is 0.166. The Kier molecular flexibility index (Phi) is 4.98. The van der Waals surface area contributed by atoms with E-state index in [1.165, 1.54) is 0 Å². The molecule has 0 radical (unpaired) electrons. The van der Waals surface area contributed by atoms with Gasteiger partial charge < -0.3 is 5.11 Å². The summed E-state index contributed by atoms with van der Waals surface area (Å²) in [7, 11) is -3.09. The first-order valence-corrected chi connectivity index (χ1v) is 7.21. The molecule has 1 fully saturated rings. The van der Waals surface area contributed by atoms with E-state index in [2.05, 4.69) is 9.62 Å². The van der Waals surface area contributed by atoms with Gasteiger partial charge in [0, 0.05) is 19.1 Å². The molecule has 1 aliphatic rings. The summed E-state index contributed by atoms with van der Waals surface area (Å²) in [6.07, 6.45) is 4.46. The third-order valence-corrected chi connectivity index (χ3v) is 3.45. The van der Waals surface area contributed by atoms with Crippen LogP contribution in [0.4, 0.5) is 0 Å². The van der Waals surface area contributed by atoms with Gasteiger partial charge in [-0.3, -0.25) is 4.90 Å². The fourth-order valence-electron chi connectivity index (χ4n) is 1.94. The molecule has 90 valence electrons. The van der Waals surface area contributed by atoms with Crippen molar-refractivity contribution in [2.24, 2.45) is 0 Å². The second-order valence-corrected chi connectivity index (χ2v) is 5.87. The lowest BCUT2D eigenvalue weighted by Crippen LogP contribution is -2.45. The highest BCUT2D eigenvalue weighted by atomic mass is 32.2. The molecule has 0 bridgehead atoms. The summed E-state index contributed by atoms with van der Waals surface area (Å²) in [6, 6.07) is 0.208. The van der Waals surface area contributed by atoms with Crippen molar-refractivity contribution in [2.45, 2.75) is 25.3 Å². The zero-order valence-corrected chi connectivity index (χ0v) is 9.96. The van der Waals surface area contributed by atoms with E-state index in [9.17, 15) is 8.42 Å². The summed E-state index contributed by atoms with van der Waals surface area (Å²) in [6.45, 7) is 2.23. The Labute approximate surface area is 91.5 Å². The molecule has 0 spiro atoms. The van der Waals surface area contributed by atoms with E-state index in [4.69, 9.17) is 5.11 Å². The Morgan fingerprint density at radius 2 is 2.20 bits per heavy atom. The van der Waals surface area contributed by atoms with Gasteiger partial charge in [-0.1, -0.05) is 6.42 Å². The first-order chi connectivity index (χ1) is 7.03. The molecule has 6 heteroatoms. The molecule has 0 saturated carbocycles. The van der Waals surface area contributed by atoms with E-state index >= 15 is 0 Å². The maximum Gasteiger partial charge on any atom is 0.208 e. The van der Waals surface area contributed by atoms with Crippen molar-refractivity contribution in [3.63, 3.8) is 0 Å². The van der Waals surface area contributed by atoms with Crippen LogP contribution in [-0.4, -0.2) is 57.0 Å². The second-order valence-electron chi connectivity index (χ2n) is 4.03. The monoisotopic (exact) mass is 236 g/mol. The molecule has 5 nitrogen and oxygen atoms in total. The Balaban J connectivity index is 2.29. The molecule has 1 rings (SSSR count). The topological polar surface area (TPSA) is 69.6 Å². The third kappa shape index (κ3) is 4.92. The van der Waals surface area contributed by atoms with Gasteiger partial charge >= 0.3 is 0 Å². The molecule has 1 unspecified atom stereocenters. The highest BCUT2D eigenvalue weighted by Gasteiger charge is 2.20. The van der Waals surface area contributed by atoms with Crippen LogP contribution < -0.4 is 4.72 Å². The summed E-state index contributed by atoms with van der Waals surface area (Å²) in [5, 5.41) is 9.14. The lowest BCUT2D eigenvalue weighted by molar-refractivity contribution is 0.0923. The summed E-state index contributed by atoms with van der Waals surface area (Å²) in [4.78, 5) is 2.15. The van der Waals surface area contributed by atoms with Crippen molar-refractivity contribution in [1.82, 2.24) is 9.62 Å². The molecule has 1 heterocycles. The standard InChI is InChI=1S/C9H20N2O3S/c1-15(13,14)10-5-7-11-6-3-2-4-9(11)8-12/h9-10,12H,2-8H2,1H3. The molecule has 0 aromatic carbocycles. The zero-order valence-electron chi connectivity index (χ0n) is 9.15. The molecule has 15 heavy (non-hydrogen) atoms. The van der Waals surface area contributed by atoms with Crippen LogP contribution in [0.2, 0.25) is 0 Å². The fraction of sp³-hybridized carbons (Fsp3) is 1.00. The van der Waals surface area contributed by atoms with Crippen molar-refractivity contribution in [3.8, 4) is 0 Å². The first kappa shape index (κ1) is 12.9. The van der Waals surface area contributed by atoms with Crippen molar-refractivity contribution in [1.29, 1.82) is 0 Å². The van der Waals surface area contributed by atoms with Gasteiger partial charge in [0.1, 0.15) is 0 Å². The molecule has 0 aromatic heterocycles. The van der Waals surface area contributed by atoms with Crippen LogP contribution in [0.25, 0.3) is 0 Å². The Morgan fingerprint density at radius 3 is 2.80 bits per heavy atom. The highest BCUT2D eigenvalue weighted by Crippen LogP contribution is 2.15. The van der Waals surface area contributed by atoms with E-state index in [0.717, 1.165) is 32.1 Å². The predicted molar refractivity (Wildman–Crippen MR) is 59.1 cm³/mol. The van der Waals surface area contributed by atoms with Crippen molar-refractivity contribution in [2.75, 3.05) is 32.5 Å². The van der Waals surface area contributed by atoms with E-state index in [0.29, 0.717) is 13.1 Å². The quantitative estimate of drug-likeness (QED) is 0.667. The number of aliphatic hydroxyl groups is 1. The van der Waals surface area contributed by atoms with E-state index < -0.39 is 10.0 Å². The van der Waals surface area contributed by atoms with Crippen LogP contribution in [0.15, 0.2) is 0 Å². The summed E-state index contributed by atoms with van der Waals surface area (Å²) >= 11 is 0. The smallest absolute Gasteiger partial charge is 0.208 e. The number of likely N-dealkylation sites (tertiary alicyclic amines) is 1. The molecular formula is C9H20N2O3S. The molecule has 0 amide bonds. The van der Waals surface area contributed by atoms with Crippen LogP contribution in [0.1, 0.15) is 19.3 Å². The maximum absolute atomic E-state index is 10.8. The lowest BCUT2D eigenvalue weighted by Gasteiger charge is -2.34. The lowest BCUT2D eigenvalue weighted by atomic mass is 10.0. The van der Waals surface area contributed by atoms with Gasteiger partial charge in [-0.15, -0.1) is 0 Å². The molecule has 1 aliphatic heterocycles. The fourth-order valence-corrected chi connectivity index (χ4v) is 2.40. The summed E-state index contributed by atoms with van der Waals surface area (Å²) < 4.78 is 24.2. The highest BCUT2D eigenvalue weighted by molar-refractivity contribution is 7.88. The van der Waals surface area contributed by atoms with Gasteiger partial charge in [0.2, 0.25) is 10.0 Å². The molecule has 1 atom stereocenters. The van der Waals surface area contributed by atoms with Crippen LogP contribution in [0.5, 0.6) is 0 Å². The van der Waals surface area contributed by atoms with E-state index in [1.807, 2.05) is 0 Å². The van der Waals surface area contributed by atoms with Gasteiger partial charge in [-0.25, -0.2) is 13.1 Å². The molecular weight excluding hydrogens is 216 g/mol. The van der Waals surface area contributed by atoms with Gasteiger partial charge in [-0.05, 0) is 19.4 Å². The number of hydrogen-bond donors (Lipinski definition) is 2. The van der Waals surface area contributed by atoms with Crippen LogP contribution in [0.3, 0.4) is 0 Å². The minimum atomic E-state index is -3.09. The third-order valence-electron chi connectivity index (χ3n) is 2.72. The maximum atomic E-state index is 10.8. The molecule has 0 aromatic rings. The van der Waals surface area contributed by atoms with Crippen LogP contribution in [-0.2, 0) is 10.0 Å².